The maximum absolute atomic E-state index is 11.2. The summed E-state index contributed by atoms with van der Waals surface area (Å²) in [5, 5.41) is 11.8. The monoisotopic (exact) mass is 247 g/mol. The molecule has 0 aliphatic carbocycles. The minimum absolute atomic E-state index is 0.0103. The molecule has 1 aromatic carbocycles. The van der Waals surface area contributed by atoms with Crippen LogP contribution in [-0.4, -0.2) is 22.9 Å². The van der Waals surface area contributed by atoms with E-state index in [1.54, 1.807) is 0 Å². The molecule has 0 spiro atoms. The number of ketones is 1. The van der Waals surface area contributed by atoms with E-state index < -0.39 is 5.97 Å². The summed E-state index contributed by atoms with van der Waals surface area (Å²) in [6.07, 6.45) is 2.81. The second-order valence-electron chi connectivity index (χ2n) is 4.17. The SMILES string of the molecule is CC(=O)CC(/C=C/C(=O)O)Nc1ccccc1C. The van der Waals surface area contributed by atoms with Gasteiger partial charge in [-0.3, -0.25) is 4.79 Å². The van der Waals surface area contributed by atoms with Crippen LogP contribution in [0.15, 0.2) is 36.4 Å². The van der Waals surface area contributed by atoms with Gasteiger partial charge in [-0.25, -0.2) is 4.79 Å². The Morgan fingerprint density at radius 3 is 2.61 bits per heavy atom. The molecule has 0 saturated heterocycles. The molecule has 0 fully saturated rings. The zero-order valence-electron chi connectivity index (χ0n) is 10.5. The predicted molar refractivity (Wildman–Crippen MR) is 70.7 cm³/mol. The number of nitrogens with one attached hydrogen (secondary N) is 1. The molecule has 1 unspecified atom stereocenters. The summed E-state index contributed by atoms with van der Waals surface area (Å²) in [5.74, 6) is -1.01. The molecule has 0 aliphatic rings. The summed E-state index contributed by atoms with van der Waals surface area (Å²) in [5.41, 5.74) is 1.95. The molecule has 1 aromatic rings. The zero-order valence-corrected chi connectivity index (χ0v) is 10.5. The minimum Gasteiger partial charge on any atom is -0.478 e. The average Bonchev–Trinajstić information content (AvgIpc) is 2.28. The van der Waals surface area contributed by atoms with E-state index in [-0.39, 0.29) is 18.2 Å². The van der Waals surface area contributed by atoms with Crippen molar-refractivity contribution in [2.75, 3.05) is 5.32 Å². The second-order valence-corrected chi connectivity index (χ2v) is 4.17. The van der Waals surface area contributed by atoms with Crippen molar-refractivity contribution in [2.45, 2.75) is 26.3 Å². The maximum atomic E-state index is 11.2. The summed E-state index contributed by atoms with van der Waals surface area (Å²) in [4.78, 5) is 21.7. The van der Waals surface area contributed by atoms with Crippen molar-refractivity contribution < 1.29 is 14.7 Å². The molecule has 4 heteroatoms. The van der Waals surface area contributed by atoms with E-state index in [4.69, 9.17) is 5.11 Å². The molecular weight excluding hydrogens is 230 g/mol. The molecule has 0 saturated carbocycles. The van der Waals surface area contributed by atoms with Gasteiger partial charge in [-0.2, -0.15) is 0 Å². The summed E-state index contributed by atoms with van der Waals surface area (Å²) in [6.45, 7) is 3.44. The Balaban J connectivity index is 2.81. The smallest absolute Gasteiger partial charge is 0.328 e. The third-order valence-corrected chi connectivity index (χ3v) is 2.46. The molecule has 1 atom stereocenters. The Morgan fingerprint density at radius 1 is 1.39 bits per heavy atom. The van der Waals surface area contributed by atoms with Crippen LogP contribution in [0.25, 0.3) is 0 Å². The van der Waals surface area contributed by atoms with Gasteiger partial charge >= 0.3 is 5.97 Å². The highest BCUT2D eigenvalue weighted by molar-refractivity contribution is 5.81. The number of Topliss-reactive ketones (excluding diaryl/α,β-unsaturated/α-hetero) is 1. The number of carboxylic acid groups (broad SMARTS) is 1. The molecule has 1 rings (SSSR count). The van der Waals surface area contributed by atoms with E-state index in [9.17, 15) is 9.59 Å². The first-order valence-corrected chi connectivity index (χ1v) is 5.72. The van der Waals surface area contributed by atoms with Gasteiger partial charge in [0.25, 0.3) is 0 Å². The van der Waals surface area contributed by atoms with Gasteiger partial charge in [0.15, 0.2) is 0 Å². The van der Waals surface area contributed by atoms with E-state index in [2.05, 4.69) is 5.32 Å². The van der Waals surface area contributed by atoms with Gasteiger partial charge in [0.1, 0.15) is 5.78 Å². The Bertz CT molecular complexity index is 466. The lowest BCUT2D eigenvalue weighted by atomic mass is 10.1. The number of carboxylic acids is 1. The Kier molecular flexibility index (Phi) is 5.11. The highest BCUT2D eigenvalue weighted by Gasteiger charge is 2.09. The first-order valence-electron chi connectivity index (χ1n) is 5.72. The minimum atomic E-state index is -1.02. The van der Waals surface area contributed by atoms with Gasteiger partial charge < -0.3 is 10.4 Å². The van der Waals surface area contributed by atoms with Gasteiger partial charge in [0.05, 0.1) is 6.04 Å². The lowest BCUT2D eigenvalue weighted by Crippen LogP contribution is -2.20. The molecule has 0 bridgehead atoms. The van der Waals surface area contributed by atoms with E-state index in [1.807, 2.05) is 31.2 Å². The van der Waals surface area contributed by atoms with Gasteiger partial charge in [-0.15, -0.1) is 0 Å². The van der Waals surface area contributed by atoms with Crippen molar-refractivity contribution in [3.63, 3.8) is 0 Å². The van der Waals surface area contributed by atoms with Crippen molar-refractivity contribution in [3.05, 3.63) is 42.0 Å². The van der Waals surface area contributed by atoms with Crippen LogP contribution in [0.1, 0.15) is 18.9 Å². The molecule has 96 valence electrons. The number of carbonyl (C=O) groups excluding carboxylic acids is 1. The second kappa shape index (κ2) is 6.59. The van der Waals surface area contributed by atoms with Crippen LogP contribution in [0.3, 0.4) is 0 Å². The summed E-state index contributed by atoms with van der Waals surface area (Å²) in [7, 11) is 0. The molecule has 0 heterocycles. The fourth-order valence-electron chi connectivity index (χ4n) is 1.61. The average molecular weight is 247 g/mol. The number of aliphatic carboxylic acids is 1. The van der Waals surface area contributed by atoms with E-state index in [0.717, 1.165) is 17.3 Å². The van der Waals surface area contributed by atoms with Crippen molar-refractivity contribution in [1.82, 2.24) is 0 Å². The number of benzene rings is 1. The lowest BCUT2D eigenvalue weighted by molar-refractivity contribution is -0.131. The Labute approximate surface area is 106 Å². The largest absolute Gasteiger partial charge is 0.478 e. The number of rotatable bonds is 6. The standard InChI is InChI=1S/C14H17NO3/c1-10-5-3-4-6-13(10)15-12(9-11(2)16)7-8-14(17)18/h3-8,12,15H,9H2,1-2H3,(H,17,18)/b8-7+. The maximum Gasteiger partial charge on any atom is 0.328 e. The zero-order chi connectivity index (χ0) is 13.5. The quantitative estimate of drug-likeness (QED) is 0.757. The van der Waals surface area contributed by atoms with Crippen LogP contribution in [0.4, 0.5) is 5.69 Å². The summed E-state index contributed by atoms with van der Waals surface area (Å²) in [6, 6.07) is 7.36. The number of aryl methyl sites for hydroxylation is 1. The molecule has 0 amide bonds. The van der Waals surface area contributed by atoms with Crippen molar-refractivity contribution in [1.29, 1.82) is 0 Å². The van der Waals surface area contributed by atoms with Gasteiger partial charge in [-0.1, -0.05) is 24.3 Å². The number of hydrogen-bond acceptors (Lipinski definition) is 3. The van der Waals surface area contributed by atoms with Crippen molar-refractivity contribution in [3.8, 4) is 0 Å². The van der Waals surface area contributed by atoms with Crippen LogP contribution in [0, 0.1) is 6.92 Å². The molecule has 18 heavy (non-hydrogen) atoms. The third kappa shape index (κ3) is 4.82. The van der Waals surface area contributed by atoms with Gasteiger partial charge in [0, 0.05) is 18.2 Å². The summed E-state index contributed by atoms with van der Waals surface area (Å²) >= 11 is 0. The topological polar surface area (TPSA) is 66.4 Å². The van der Waals surface area contributed by atoms with Crippen LogP contribution in [0.2, 0.25) is 0 Å². The molecular formula is C14H17NO3. The highest BCUT2D eigenvalue weighted by Crippen LogP contribution is 2.16. The molecule has 0 radical (unpaired) electrons. The number of carbonyl (C=O) groups is 2. The lowest BCUT2D eigenvalue weighted by Gasteiger charge is -2.16. The number of para-hydroxylation sites is 1. The van der Waals surface area contributed by atoms with Crippen molar-refractivity contribution in [2.24, 2.45) is 0 Å². The Hall–Kier alpha value is -2.10. The van der Waals surface area contributed by atoms with Gasteiger partial charge in [0.2, 0.25) is 0 Å². The number of anilines is 1. The van der Waals surface area contributed by atoms with Crippen LogP contribution < -0.4 is 5.32 Å². The summed E-state index contributed by atoms with van der Waals surface area (Å²) < 4.78 is 0. The van der Waals surface area contributed by atoms with Crippen LogP contribution >= 0.6 is 0 Å². The third-order valence-electron chi connectivity index (χ3n) is 2.46. The molecule has 0 aromatic heterocycles. The van der Waals surface area contributed by atoms with Gasteiger partial charge in [-0.05, 0) is 25.5 Å². The van der Waals surface area contributed by atoms with E-state index >= 15 is 0 Å². The first kappa shape index (κ1) is 14.0. The van der Waals surface area contributed by atoms with Crippen molar-refractivity contribution >= 4 is 17.4 Å². The number of hydrogen-bond donors (Lipinski definition) is 2. The molecule has 2 N–H and O–H groups in total. The fraction of sp³-hybridized carbons (Fsp3) is 0.286. The highest BCUT2D eigenvalue weighted by atomic mass is 16.4. The molecule has 0 aliphatic heterocycles. The predicted octanol–water partition coefficient (Wildman–Crippen LogP) is 2.40. The normalized spacial score (nSPS) is 12.3. The Morgan fingerprint density at radius 2 is 2.06 bits per heavy atom. The fourth-order valence-corrected chi connectivity index (χ4v) is 1.61. The molecule has 4 nitrogen and oxygen atoms in total. The van der Waals surface area contributed by atoms with E-state index in [1.165, 1.54) is 13.0 Å². The van der Waals surface area contributed by atoms with Crippen LogP contribution in [0.5, 0.6) is 0 Å². The first-order chi connectivity index (χ1) is 8.49. The van der Waals surface area contributed by atoms with Crippen LogP contribution in [-0.2, 0) is 9.59 Å². The van der Waals surface area contributed by atoms with E-state index in [0.29, 0.717) is 0 Å².